The third kappa shape index (κ3) is 5.55. The molecule has 0 saturated carbocycles. The summed E-state index contributed by atoms with van der Waals surface area (Å²) >= 11 is 5.48. The quantitative estimate of drug-likeness (QED) is 0.210. The van der Waals surface area contributed by atoms with Crippen LogP contribution in [0.15, 0.2) is 71.6 Å². The van der Waals surface area contributed by atoms with Gasteiger partial charge in [-0.25, -0.2) is 0 Å². The van der Waals surface area contributed by atoms with Crippen LogP contribution in [0.2, 0.25) is 0 Å². The van der Waals surface area contributed by atoms with Crippen molar-refractivity contribution in [3.05, 3.63) is 101 Å². The van der Waals surface area contributed by atoms with Crippen LogP contribution in [0.5, 0.6) is 5.75 Å². The van der Waals surface area contributed by atoms with Gasteiger partial charge in [-0.2, -0.15) is 0 Å². The first-order valence-corrected chi connectivity index (χ1v) is 12.8. The van der Waals surface area contributed by atoms with Crippen molar-refractivity contribution in [3.63, 3.8) is 0 Å². The van der Waals surface area contributed by atoms with E-state index in [9.17, 15) is 9.59 Å². The van der Waals surface area contributed by atoms with Crippen LogP contribution >= 0.6 is 56.9 Å². The lowest BCUT2D eigenvalue weighted by molar-refractivity contribution is -0.123. The maximum Gasteiger partial charge on any atom is 0.293 e. The molecule has 2 amide bonds. The molecule has 1 aliphatic heterocycles. The molecule has 1 aliphatic rings. The van der Waals surface area contributed by atoms with Crippen LogP contribution in [0, 0.1) is 14.1 Å². The molecule has 0 spiro atoms. The highest BCUT2D eigenvalue weighted by Gasteiger charge is 2.35. The molecule has 3 aromatic rings. The van der Waals surface area contributed by atoms with E-state index in [0.717, 1.165) is 41.3 Å². The molecule has 4 rings (SSSR count). The van der Waals surface area contributed by atoms with Gasteiger partial charge in [-0.05, 0) is 98.8 Å². The monoisotopic (exact) mass is 667 g/mol. The van der Waals surface area contributed by atoms with Gasteiger partial charge >= 0.3 is 0 Å². The lowest BCUT2D eigenvalue weighted by Crippen LogP contribution is -2.27. The molecule has 7 heteroatoms. The van der Waals surface area contributed by atoms with E-state index in [1.54, 1.807) is 6.08 Å². The van der Waals surface area contributed by atoms with Crippen LogP contribution in [0.4, 0.5) is 4.79 Å². The Bertz CT molecular complexity index is 1190. The fraction of sp³-hybridized carbons (Fsp3) is 0.120. The minimum Gasteiger partial charge on any atom is -0.487 e. The Morgan fingerprint density at radius 2 is 1.62 bits per heavy atom. The first-order chi connectivity index (χ1) is 15.4. The largest absolute Gasteiger partial charge is 0.487 e. The predicted molar refractivity (Wildman–Crippen MR) is 145 cm³/mol. The Labute approximate surface area is 218 Å². The maximum atomic E-state index is 12.8. The second-order valence-corrected chi connectivity index (χ2v) is 10.7. The molecule has 1 heterocycles. The van der Waals surface area contributed by atoms with Gasteiger partial charge in [0, 0.05) is 0 Å². The summed E-state index contributed by atoms with van der Waals surface area (Å²) in [6.45, 7) is 2.84. The maximum absolute atomic E-state index is 12.8. The topological polar surface area (TPSA) is 46.6 Å². The van der Waals surface area contributed by atoms with Crippen LogP contribution in [0.25, 0.3) is 6.08 Å². The van der Waals surface area contributed by atoms with Gasteiger partial charge in [0.1, 0.15) is 12.4 Å². The highest BCUT2D eigenvalue weighted by molar-refractivity contribution is 14.1. The number of carbonyl (C=O) groups excluding carboxylic acids is 2. The summed E-state index contributed by atoms with van der Waals surface area (Å²) in [5.74, 6) is 0.565. The molecule has 32 heavy (non-hydrogen) atoms. The van der Waals surface area contributed by atoms with E-state index in [1.165, 1.54) is 10.5 Å². The molecular formula is C25H19I2NO3S. The van der Waals surface area contributed by atoms with Crippen LogP contribution in [0.1, 0.15) is 22.3 Å². The number of ether oxygens (including phenoxy) is 1. The number of imide groups is 1. The number of rotatable bonds is 6. The van der Waals surface area contributed by atoms with Crippen molar-refractivity contribution < 1.29 is 14.3 Å². The Balaban J connectivity index is 1.50. The molecule has 0 aliphatic carbocycles. The van der Waals surface area contributed by atoms with Crippen LogP contribution in [0.3, 0.4) is 0 Å². The summed E-state index contributed by atoms with van der Waals surface area (Å²) in [6, 6.07) is 21.7. The number of amides is 2. The number of carbonyl (C=O) groups is 2. The van der Waals surface area contributed by atoms with E-state index in [0.29, 0.717) is 11.5 Å². The minimum absolute atomic E-state index is 0.243. The first-order valence-electron chi connectivity index (χ1n) is 9.87. The minimum atomic E-state index is -0.256. The Hall–Kier alpha value is -1.85. The fourth-order valence-corrected chi connectivity index (χ4v) is 6.28. The molecule has 0 bridgehead atoms. The highest BCUT2D eigenvalue weighted by atomic mass is 127. The zero-order chi connectivity index (χ0) is 22.7. The van der Waals surface area contributed by atoms with E-state index in [-0.39, 0.29) is 17.7 Å². The summed E-state index contributed by atoms with van der Waals surface area (Å²) in [7, 11) is 0. The van der Waals surface area contributed by atoms with Crippen LogP contribution in [-0.2, 0) is 17.9 Å². The highest BCUT2D eigenvalue weighted by Crippen LogP contribution is 2.35. The number of nitrogens with zero attached hydrogens (tertiary/aromatic N) is 1. The average molecular weight is 667 g/mol. The second kappa shape index (κ2) is 10.4. The molecule has 0 unspecified atom stereocenters. The Morgan fingerprint density at radius 1 is 0.938 bits per heavy atom. The van der Waals surface area contributed by atoms with Gasteiger partial charge < -0.3 is 4.74 Å². The molecule has 0 atom stereocenters. The smallest absolute Gasteiger partial charge is 0.293 e. The summed E-state index contributed by atoms with van der Waals surface area (Å²) in [4.78, 5) is 27.0. The van der Waals surface area contributed by atoms with Gasteiger partial charge in [0.25, 0.3) is 11.1 Å². The summed E-state index contributed by atoms with van der Waals surface area (Å²) < 4.78 is 8.00. The van der Waals surface area contributed by atoms with Gasteiger partial charge in [0.2, 0.25) is 0 Å². The molecule has 4 nitrogen and oxygen atoms in total. The van der Waals surface area contributed by atoms with E-state index in [4.69, 9.17) is 4.74 Å². The van der Waals surface area contributed by atoms with Crippen molar-refractivity contribution >= 4 is 74.2 Å². The third-order valence-electron chi connectivity index (χ3n) is 4.84. The van der Waals surface area contributed by atoms with Gasteiger partial charge in [-0.3, -0.25) is 14.5 Å². The SMILES string of the molecule is Cc1cccc(COc2c(I)cc(/C=C3\SC(=O)N(Cc4ccccc4)C3=O)cc2I)c1. The van der Waals surface area contributed by atoms with Crippen molar-refractivity contribution in [3.8, 4) is 5.75 Å². The van der Waals surface area contributed by atoms with Crippen LogP contribution in [-0.4, -0.2) is 16.0 Å². The van der Waals surface area contributed by atoms with Gasteiger partial charge in [0.05, 0.1) is 18.6 Å². The zero-order valence-electron chi connectivity index (χ0n) is 17.2. The number of benzene rings is 3. The standard InChI is InChI=1S/C25H19I2NO3S/c1-16-6-5-9-18(10-16)15-31-23-20(26)11-19(12-21(23)27)13-22-24(29)28(25(30)32-22)14-17-7-3-2-4-8-17/h2-13H,14-15H2,1H3/b22-13-. The second-order valence-electron chi connectivity index (χ2n) is 7.34. The van der Waals surface area contributed by atoms with Crippen molar-refractivity contribution in [2.45, 2.75) is 20.1 Å². The molecule has 162 valence electrons. The molecule has 1 saturated heterocycles. The van der Waals surface area contributed by atoms with Gasteiger partial charge in [0.15, 0.2) is 0 Å². The first kappa shape index (κ1) is 23.3. The number of hydrogen-bond donors (Lipinski definition) is 0. The molecule has 3 aromatic carbocycles. The molecule has 1 fully saturated rings. The summed E-state index contributed by atoms with van der Waals surface area (Å²) in [5, 5.41) is -0.243. The number of hydrogen-bond acceptors (Lipinski definition) is 4. The molecule has 0 N–H and O–H groups in total. The van der Waals surface area contributed by atoms with Crippen molar-refractivity contribution in [1.29, 1.82) is 0 Å². The fourth-order valence-electron chi connectivity index (χ4n) is 3.31. The number of halogens is 2. The Morgan fingerprint density at radius 3 is 2.31 bits per heavy atom. The zero-order valence-corrected chi connectivity index (χ0v) is 22.3. The van der Waals surface area contributed by atoms with Crippen molar-refractivity contribution in [2.24, 2.45) is 0 Å². The van der Waals surface area contributed by atoms with Crippen molar-refractivity contribution in [2.75, 3.05) is 0 Å². The van der Waals surface area contributed by atoms with E-state index < -0.39 is 0 Å². The molecule has 0 aromatic heterocycles. The van der Waals surface area contributed by atoms with Crippen molar-refractivity contribution in [1.82, 2.24) is 4.90 Å². The number of thioether (sulfide) groups is 1. The van der Waals surface area contributed by atoms with Crippen LogP contribution < -0.4 is 4.74 Å². The lowest BCUT2D eigenvalue weighted by Gasteiger charge is -2.13. The van der Waals surface area contributed by atoms with Gasteiger partial charge in [-0.15, -0.1) is 0 Å². The van der Waals surface area contributed by atoms with Gasteiger partial charge in [-0.1, -0.05) is 60.2 Å². The lowest BCUT2D eigenvalue weighted by atomic mass is 10.1. The normalized spacial score (nSPS) is 15.0. The Kier molecular flexibility index (Phi) is 7.57. The van der Waals surface area contributed by atoms with E-state index in [1.807, 2.05) is 54.6 Å². The molecule has 0 radical (unpaired) electrons. The average Bonchev–Trinajstić information content (AvgIpc) is 3.01. The predicted octanol–water partition coefficient (Wildman–Crippen LogP) is 7.02. The summed E-state index contributed by atoms with van der Waals surface area (Å²) in [5.41, 5.74) is 4.11. The summed E-state index contributed by atoms with van der Waals surface area (Å²) in [6.07, 6.45) is 1.78. The van der Waals surface area contributed by atoms with E-state index in [2.05, 4.69) is 64.2 Å². The van der Waals surface area contributed by atoms with E-state index >= 15 is 0 Å². The third-order valence-corrected chi connectivity index (χ3v) is 7.35. The number of aryl methyl sites for hydroxylation is 1. The molecular weight excluding hydrogens is 648 g/mol.